The lowest BCUT2D eigenvalue weighted by molar-refractivity contribution is -0.280. The number of rotatable bonds is 11. The van der Waals surface area contributed by atoms with E-state index in [2.05, 4.69) is 16.6 Å². The highest BCUT2D eigenvalue weighted by atomic mass is 16.7. The molecular formula is C14H21NO8. The first-order valence-electron chi connectivity index (χ1n) is 7.00. The highest BCUT2D eigenvalue weighted by molar-refractivity contribution is 5.40. The second-order valence-electron chi connectivity index (χ2n) is 4.95. The highest BCUT2D eigenvalue weighted by Crippen LogP contribution is 2.27. The van der Waals surface area contributed by atoms with Crippen LogP contribution < -0.4 is 5.32 Å². The molecule has 1 aliphatic heterocycles. The van der Waals surface area contributed by atoms with Gasteiger partial charge in [0.1, 0.15) is 18.8 Å². The van der Waals surface area contributed by atoms with E-state index in [1.54, 1.807) is 13.8 Å². The maximum absolute atomic E-state index is 10.8. The van der Waals surface area contributed by atoms with Crippen LogP contribution in [0.4, 0.5) is 0 Å². The van der Waals surface area contributed by atoms with Gasteiger partial charge in [-0.3, -0.25) is 14.4 Å². The van der Waals surface area contributed by atoms with Gasteiger partial charge >= 0.3 is 0 Å². The summed E-state index contributed by atoms with van der Waals surface area (Å²) in [7, 11) is 0. The largest absolute Gasteiger partial charge is 0.465 e. The fourth-order valence-corrected chi connectivity index (χ4v) is 2.32. The smallest absolute Gasteiger partial charge is 0.293 e. The Labute approximate surface area is 133 Å². The zero-order valence-corrected chi connectivity index (χ0v) is 13.0. The Hall–Kier alpha value is -2.13. The Morgan fingerprint density at radius 2 is 1.78 bits per heavy atom. The van der Waals surface area contributed by atoms with Crippen molar-refractivity contribution in [2.45, 2.75) is 50.6 Å². The monoisotopic (exact) mass is 331 g/mol. The zero-order valence-electron chi connectivity index (χ0n) is 13.0. The lowest BCUT2D eigenvalue weighted by atomic mass is 9.96. The normalized spacial score (nSPS) is 30.1. The van der Waals surface area contributed by atoms with Gasteiger partial charge in [0.2, 0.25) is 0 Å². The number of nitrogens with one attached hydrogen (secondary N) is 1. The van der Waals surface area contributed by atoms with Gasteiger partial charge in [0.15, 0.2) is 18.5 Å². The predicted octanol–water partition coefficient (Wildman–Crippen LogP) is -0.506. The summed E-state index contributed by atoms with van der Waals surface area (Å²) < 4.78 is 26.1. The summed E-state index contributed by atoms with van der Waals surface area (Å²) in [5.41, 5.74) is 0. The third-order valence-electron chi connectivity index (χ3n) is 3.12. The highest BCUT2D eigenvalue weighted by Gasteiger charge is 2.49. The van der Waals surface area contributed by atoms with Crippen LogP contribution in [0, 0.1) is 0 Å². The van der Waals surface area contributed by atoms with E-state index in [-0.39, 0.29) is 32.1 Å². The summed E-state index contributed by atoms with van der Waals surface area (Å²) in [5.74, 6) is 0. The minimum absolute atomic E-state index is 0.192. The average Bonchev–Trinajstić information content (AvgIpc) is 2.51. The number of ether oxygens (including phenoxy) is 5. The molecule has 1 unspecified atom stereocenters. The third kappa shape index (κ3) is 5.22. The molecule has 23 heavy (non-hydrogen) atoms. The van der Waals surface area contributed by atoms with Crippen molar-refractivity contribution in [1.29, 1.82) is 0 Å². The zero-order chi connectivity index (χ0) is 17.2. The first kappa shape index (κ1) is 18.9. The molecule has 0 bridgehead atoms. The van der Waals surface area contributed by atoms with Crippen molar-refractivity contribution in [3.8, 4) is 0 Å². The van der Waals surface area contributed by atoms with Crippen LogP contribution in [0.5, 0.6) is 0 Å². The number of hydrogen-bond donors (Lipinski definition) is 1. The Morgan fingerprint density at radius 1 is 1.13 bits per heavy atom. The van der Waals surface area contributed by atoms with E-state index in [4.69, 9.17) is 18.9 Å². The van der Waals surface area contributed by atoms with Gasteiger partial charge in [-0.05, 0) is 20.0 Å². The average molecular weight is 331 g/mol. The van der Waals surface area contributed by atoms with Gasteiger partial charge in [0.25, 0.3) is 19.4 Å². The van der Waals surface area contributed by atoms with Crippen LogP contribution in [0.3, 0.4) is 0 Å². The Bertz CT molecular complexity index is 402. The van der Waals surface area contributed by atoms with Crippen molar-refractivity contribution in [1.82, 2.24) is 5.32 Å². The summed E-state index contributed by atoms with van der Waals surface area (Å²) >= 11 is 0. The first-order valence-corrected chi connectivity index (χ1v) is 7.00. The summed E-state index contributed by atoms with van der Waals surface area (Å²) in [6.45, 7) is 7.64. The molecule has 1 N–H and O–H groups in total. The van der Waals surface area contributed by atoms with Crippen LogP contribution in [0.25, 0.3) is 0 Å². The molecule has 9 nitrogen and oxygen atoms in total. The molecule has 1 rings (SSSR count). The van der Waals surface area contributed by atoms with Crippen molar-refractivity contribution >= 4 is 19.4 Å². The lowest BCUT2D eigenvalue weighted by Gasteiger charge is -2.44. The van der Waals surface area contributed by atoms with E-state index in [0.717, 1.165) is 0 Å². The van der Waals surface area contributed by atoms with E-state index in [9.17, 15) is 14.4 Å². The summed E-state index contributed by atoms with van der Waals surface area (Å²) in [6.07, 6.45) is -2.42. The van der Waals surface area contributed by atoms with Crippen molar-refractivity contribution in [3.63, 3.8) is 0 Å². The lowest BCUT2D eigenvalue weighted by Crippen LogP contribution is -2.64. The van der Waals surface area contributed by atoms with Crippen LogP contribution in [0.15, 0.2) is 12.8 Å². The molecule has 0 amide bonds. The van der Waals surface area contributed by atoms with E-state index >= 15 is 0 Å². The van der Waals surface area contributed by atoms with E-state index in [1.807, 2.05) is 0 Å². The van der Waals surface area contributed by atoms with Gasteiger partial charge in [-0.25, -0.2) is 0 Å². The maximum Gasteiger partial charge on any atom is 0.293 e. The molecule has 130 valence electrons. The molecule has 0 aromatic rings. The summed E-state index contributed by atoms with van der Waals surface area (Å²) in [6, 6.07) is -0.669. The van der Waals surface area contributed by atoms with E-state index in [0.29, 0.717) is 0 Å². The summed E-state index contributed by atoms with van der Waals surface area (Å²) in [4.78, 5) is 32.0. The molecule has 5 atom stereocenters. The van der Waals surface area contributed by atoms with Crippen LogP contribution in [0.2, 0.25) is 0 Å². The second kappa shape index (κ2) is 9.80. The van der Waals surface area contributed by atoms with Gasteiger partial charge < -0.3 is 29.0 Å². The van der Waals surface area contributed by atoms with Crippen LogP contribution >= 0.6 is 0 Å². The topological polar surface area (TPSA) is 109 Å². The van der Waals surface area contributed by atoms with E-state index < -0.39 is 30.6 Å². The van der Waals surface area contributed by atoms with Crippen molar-refractivity contribution in [3.05, 3.63) is 12.8 Å². The van der Waals surface area contributed by atoms with Crippen LogP contribution in [-0.4, -0.2) is 62.8 Å². The SMILES string of the molecule is C=CN[C@H]1C(OC(C)C)O[C@H](COC=O)[C@H](OC=O)[C@@H]1OC=O. The number of carbonyl (C=O) groups excluding carboxylic acids is 3. The fraction of sp³-hybridized carbons (Fsp3) is 0.643. The number of carbonyl (C=O) groups is 3. The Kier molecular flexibility index (Phi) is 8.06. The number of hydrogen-bond acceptors (Lipinski definition) is 9. The molecule has 0 spiro atoms. The molecule has 1 aliphatic rings. The molecule has 1 heterocycles. The molecule has 1 saturated heterocycles. The maximum atomic E-state index is 10.8. The molecule has 0 radical (unpaired) electrons. The Balaban J connectivity index is 3.08. The first-order chi connectivity index (χ1) is 11.1. The molecule has 0 aliphatic carbocycles. The quantitative estimate of drug-likeness (QED) is 0.395. The standard InChI is InChI=1S/C14H21NO8/c1-4-15-11-13(21-8-18)12(20-7-17)10(5-19-6-16)23-14(11)22-9(2)3/h4,6-15H,1,5H2,2-3H3/t10-,11-,12+,13-,14?/m1/s1. The molecule has 0 saturated carbocycles. The minimum Gasteiger partial charge on any atom is -0.465 e. The van der Waals surface area contributed by atoms with Crippen molar-refractivity contribution < 1.29 is 38.1 Å². The van der Waals surface area contributed by atoms with Crippen LogP contribution in [-0.2, 0) is 38.1 Å². The van der Waals surface area contributed by atoms with Gasteiger partial charge in [0.05, 0.1) is 6.10 Å². The minimum atomic E-state index is -0.984. The van der Waals surface area contributed by atoms with Crippen molar-refractivity contribution in [2.24, 2.45) is 0 Å². The van der Waals surface area contributed by atoms with Gasteiger partial charge in [-0.2, -0.15) is 0 Å². The molecule has 0 aromatic heterocycles. The van der Waals surface area contributed by atoms with E-state index in [1.165, 1.54) is 6.20 Å². The third-order valence-corrected chi connectivity index (χ3v) is 3.12. The molecule has 1 fully saturated rings. The Morgan fingerprint density at radius 3 is 2.30 bits per heavy atom. The van der Waals surface area contributed by atoms with Crippen molar-refractivity contribution in [2.75, 3.05) is 6.61 Å². The van der Waals surface area contributed by atoms with Gasteiger partial charge in [0, 0.05) is 0 Å². The fourth-order valence-electron chi connectivity index (χ4n) is 2.32. The summed E-state index contributed by atoms with van der Waals surface area (Å²) in [5, 5.41) is 2.86. The van der Waals surface area contributed by atoms with Gasteiger partial charge in [-0.1, -0.05) is 6.58 Å². The second-order valence-corrected chi connectivity index (χ2v) is 4.95. The van der Waals surface area contributed by atoms with Crippen LogP contribution in [0.1, 0.15) is 13.8 Å². The molecule has 9 heteroatoms. The predicted molar refractivity (Wildman–Crippen MR) is 75.9 cm³/mol. The molecule has 0 aromatic carbocycles. The van der Waals surface area contributed by atoms with Gasteiger partial charge in [-0.15, -0.1) is 0 Å². The molecular weight excluding hydrogens is 310 g/mol.